The van der Waals surface area contributed by atoms with E-state index >= 15 is 0 Å². The van der Waals surface area contributed by atoms with E-state index in [1.54, 1.807) is 31.1 Å². The molecule has 0 saturated heterocycles. The Bertz CT molecular complexity index is 819. The van der Waals surface area contributed by atoms with E-state index in [4.69, 9.17) is 14.2 Å². The Morgan fingerprint density at radius 3 is 2.79 bits per heavy atom. The van der Waals surface area contributed by atoms with Crippen LogP contribution in [0, 0.1) is 5.92 Å². The second kappa shape index (κ2) is 8.92. The molecule has 1 aliphatic carbocycles. The number of hydrogen-bond acceptors (Lipinski definition) is 6. The van der Waals surface area contributed by atoms with Crippen LogP contribution in [0.25, 0.3) is 11.3 Å². The van der Waals surface area contributed by atoms with E-state index in [0.717, 1.165) is 17.9 Å². The molecular formula is C19H27N5O4. The quantitative estimate of drug-likeness (QED) is 0.683. The van der Waals surface area contributed by atoms with Gasteiger partial charge in [0.25, 0.3) is 5.88 Å². The van der Waals surface area contributed by atoms with Crippen molar-refractivity contribution in [3.8, 4) is 22.9 Å². The van der Waals surface area contributed by atoms with Crippen molar-refractivity contribution in [2.75, 3.05) is 32.7 Å². The molecule has 0 aromatic carbocycles. The predicted octanol–water partition coefficient (Wildman–Crippen LogP) is 2.44. The summed E-state index contributed by atoms with van der Waals surface area (Å²) in [5, 5.41) is 9.88. The van der Waals surface area contributed by atoms with Crippen LogP contribution in [0.1, 0.15) is 19.8 Å². The van der Waals surface area contributed by atoms with Gasteiger partial charge in [0, 0.05) is 38.0 Å². The standard InChI is InChI=1S/C19H27N5O4/c1-12(28-11-13-5-6-13)9-21-19(25)22-17-8-15(24(2)23-17)14-7-16(26-3)18(27-4)20-10-14/h7-8,10,12-13H,5-6,9,11H2,1-4H3,(H2,21,22,23,25)/t12-/m0/s1. The van der Waals surface area contributed by atoms with Crippen molar-refractivity contribution in [3.63, 3.8) is 0 Å². The fourth-order valence-electron chi connectivity index (χ4n) is 2.71. The fraction of sp³-hybridized carbons (Fsp3) is 0.526. The number of carbonyl (C=O) groups excluding carboxylic acids is 1. The molecule has 1 atom stereocenters. The van der Waals surface area contributed by atoms with E-state index in [-0.39, 0.29) is 12.1 Å². The van der Waals surface area contributed by atoms with E-state index in [1.807, 2.05) is 13.0 Å². The van der Waals surface area contributed by atoms with Crippen molar-refractivity contribution >= 4 is 11.8 Å². The van der Waals surface area contributed by atoms with Gasteiger partial charge in [0.05, 0.1) is 26.0 Å². The van der Waals surface area contributed by atoms with Gasteiger partial charge in [0.2, 0.25) is 0 Å². The Balaban J connectivity index is 1.58. The van der Waals surface area contributed by atoms with E-state index in [2.05, 4.69) is 20.7 Å². The van der Waals surface area contributed by atoms with Crippen molar-refractivity contribution in [1.82, 2.24) is 20.1 Å². The van der Waals surface area contributed by atoms with Crippen LogP contribution in [0.5, 0.6) is 11.6 Å². The Hall–Kier alpha value is -2.81. The third-order valence-electron chi connectivity index (χ3n) is 4.51. The lowest BCUT2D eigenvalue weighted by atomic mass is 10.2. The average Bonchev–Trinajstić information content (AvgIpc) is 3.46. The summed E-state index contributed by atoms with van der Waals surface area (Å²) in [6.07, 6.45) is 4.14. The molecule has 2 N–H and O–H groups in total. The first-order valence-electron chi connectivity index (χ1n) is 9.29. The summed E-state index contributed by atoms with van der Waals surface area (Å²) in [7, 11) is 4.88. The normalized spacial score (nSPS) is 14.4. The molecule has 9 nitrogen and oxygen atoms in total. The third kappa shape index (κ3) is 5.13. The van der Waals surface area contributed by atoms with Crippen LogP contribution in [0.2, 0.25) is 0 Å². The number of carbonyl (C=O) groups is 1. The first kappa shape index (κ1) is 19.9. The van der Waals surface area contributed by atoms with Crippen LogP contribution < -0.4 is 20.1 Å². The van der Waals surface area contributed by atoms with Crippen molar-refractivity contribution in [2.24, 2.45) is 13.0 Å². The van der Waals surface area contributed by atoms with Gasteiger partial charge >= 0.3 is 6.03 Å². The van der Waals surface area contributed by atoms with Crippen LogP contribution in [-0.4, -0.2) is 54.3 Å². The minimum Gasteiger partial charge on any atom is -0.491 e. The zero-order valence-corrected chi connectivity index (χ0v) is 16.7. The molecule has 0 unspecified atom stereocenters. The van der Waals surface area contributed by atoms with Crippen LogP contribution in [-0.2, 0) is 11.8 Å². The molecule has 9 heteroatoms. The zero-order valence-electron chi connectivity index (χ0n) is 16.7. The topological polar surface area (TPSA) is 99.5 Å². The van der Waals surface area contributed by atoms with Gasteiger partial charge in [-0.25, -0.2) is 9.78 Å². The number of methoxy groups -OCH3 is 2. The first-order valence-corrected chi connectivity index (χ1v) is 9.29. The molecule has 0 spiro atoms. The summed E-state index contributed by atoms with van der Waals surface area (Å²) >= 11 is 0. The van der Waals surface area contributed by atoms with Gasteiger partial charge in [-0.3, -0.25) is 10.00 Å². The molecule has 2 aromatic rings. The third-order valence-corrected chi connectivity index (χ3v) is 4.51. The number of ether oxygens (including phenoxy) is 3. The smallest absolute Gasteiger partial charge is 0.320 e. The molecule has 2 aromatic heterocycles. The Morgan fingerprint density at radius 2 is 2.11 bits per heavy atom. The maximum atomic E-state index is 12.1. The number of pyridine rings is 1. The summed E-state index contributed by atoms with van der Waals surface area (Å²) < 4.78 is 17.8. The number of nitrogens with zero attached hydrogens (tertiary/aromatic N) is 3. The summed E-state index contributed by atoms with van der Waals surface area (Å²) in [6, 6.07) is 3.26. The van der Waals surface area contributed by atoms with Crippen LogP contribution in [0.4, 0.5) is 10.6 Å². The molecule has 152 valence electrons. The number of anilines is 1. The van der Waals surface area contributed by atoms with Gasteiger partial charge in [-0.05, 0) is 31.7 Å². The number of hydrogen-bond donors (Lipinski definition) is 2. The predicted molar refractivity (Wildman–Crippen MR) is 105 cm³/mol. The Morgan fingerprint density at radius 1 is 1.32 bits per heavy atom. The molecule has 28 heavy (non-hydrogen) atoms. The monoisotopic (exact) mass is 389 g/mol. The highest BCUT2D eigenvalue weighted by Gasteiger charge is 2.22. The van der Waals surface area contributed by atoms with Gasteiger partial charge in [-0.15, -0.1) is 0 Å². The molecule has 0 bridgehead atoms. The highest BCUT2D eigenvalue weighted by Crippen LogP contribution is 2.30. The van der Waals surface area contributed by atoms with Crippen molar-refractivity contribution in [2.45, 2.75) is 25.9 Å². The molecule has 1 fully saturated rings. The highest BCUT2D eigenvalue weighted by molar-refractivity contribution is 5.88. The number of rotatable bonds is 9. The summed E-state index contributed by atoms with van der Waals surface area (Å²) in [5.41, 5.74) is 1.58. The van der Waals surface area contributed by atoms with Crippen LogP contribution in [0.15, 0.2) is 18.3 Å². The number of aromatic nitrogens is 3. The van der Waals surface area contributed by atoms with Gasteiger partial charge in [0.15, 0.2) is 11.6 Å². The van der Waals surface area contributed by atoms with Gasteiger partial charge < -0.3 is 19.5 Å². The van der Waals surface area contributed by atoms with E-state index in [9.17, 15) is 4.79 Å². The molecular weight excluding hydrogens is 362 g/mol. The first-order chi connectivity index (χ1) is 13.5. The summed E-state index contributed by atoms with van der Waals surface area (Å²) in [5.74, 6) is 2.07. The highest BCUT2D eigenvalue weighted by atomic mass is 16.5. The minimum atomic E-state index is -0.322. The molecule has 0 aliphatic heterocycles. The van der Waals surface area contributed by atoms with Crippen LogP contribution in [0.3, 0.4) is 0 Å². The number of urea groups is 1. The van der Waals surface area contributed by atoms with E-state index < -0.39 is 0 Å². The lowest BCUT2D eigenvalue weighted by Gasteiger charge is -2.13. The van der Waals surface area contributed by atoms with Crippen molar-refractivity contribution in [1.29, 1.82) is 0 Å². The lowest BCUT2D eigenvalue weighted by molar-refractivity contribution is 0.0601. The SMILES string of the molecule is COc1cc(-c2cc(NC(=O)NC[C@H](C)OCC3CC3)nn2C)cnc1OC. The molecule has 0 radical (unpaired) electrons. The summed E-state index contributed by atoms with van der Waals surface area (Å²) in [4.78, 5) is 16.4. The van der Waals surface area contributed by atoms with Gasteiger partial charge in [-0.2, -0.15) is 5.10 Å². The second-order valence-corrected chi connectivity index (χ2v) is 6.90. The minimum absolute atomic E-state index is 0.0246. The van der Waals surface area contributed by atoms with Gasteiger partial charge in [0.1, 0.15) is 0 Å². The number of amides is 2. The maximum Gasteiger partial charge on any atom is 0.320 e. The maximum absolute atomic E-state index is 12.1. The molecule has 3 rings (SSSR count). The van der Waals surface area contributed by atoms with Crippen molar-refractivity contribution < 1.29 is 19.0 Å². The Labute approximate surface area is 164 Å². The molecule has 2 amide bonds. The summed E-state index contributed by atoms with van der Waals surface area (Å²) in [6.45, 7) is 3.16. The largest absolute Gasteiger partial charge is 0.491 e. The van der Waals surface area contributed by atoms with E-state index in [0.29, 0.717) is 29.9 Å². The fourth-order valence-corrected chi connectivity index (χ4v) is 2.71. The van der Waals surface area contributed by atoms with Crippen molar-refractivity contribution in [3.05, 3.63) is 18.3 Å². The molecule has 1 saturated carbocycles. The second-order valence-electron chi connectivity index (χ2n) is 6.90. The van der Waals surface area contributed by atoms with Gasteiger partial charge in [-0.1, -0.05) is 0 Å². The molecule has 1 aliphatic rings. The van der Waals surface area contributed by atoms with Crippen LogP contribution >= 0.6 is 0 Å². The Kier molecular flexibility index (Phi) is 6.35. The lowest BCUT2D eigenvalue weighted by Crippen LogP contribution is -2.35. The molecule has 2 heterocycles. The average molecular weight is 389 g/mol. The zero-order chi connectivity index (χ0) is 20.1. The number of nitrogens with one attached hydrogen (secondary N) is 2. The van der Waals surface area contributed by atoms with E-state index in [1.165, 1.54) is 20.0 Å². The number of aryl methyl sites for hydroxylation is 1.